The second kappa shape index (κ2) is 7.05. The lowest BCUT2D eigenvalue weighted by atomic mass is 10.1. The van der Waals surface area contributed by atoms with Crippen molar-refractivity contribution >= 4 is 17.1 Å². The summed E-state index contributed by atoms with van der Waals surface area (Å²) in [5.74, 6) is 3.15. The number of carbonyl (C=O) groups is 1. The third-order valence-electron chi connectivity index (χ3n) is 3.28. The van der Waals surface area contributed by atoms with Crippen LogP contribution in [-0.2, 0) is 4.74 Å². The van der Waals surface area contributed by atoms with Crippen LogP contribution < -0.4 is 4.74 Å². The van der Waals surface area contributed by atoms with E-state index in [1.807, 2.05) is 0 Å². The first-order valence-electron chi connectivity index (χ1n) is 6.94. The zero-order valence-corrected chi connectivity index (χ0v) is 13.0. The standard InChI is InChI=1S/C17H15F2NO3/c1-4-5-6-9-22-17(21)23-16-10(2)11(3)20-13-8-7-12(18)15(19)14(13)16/h7-8H,6,9H2,1-3H3. The van der Waals surface area contributed by atoms with E-state index in [1.165, 1.54) is 6.07 Å². The number of nitrogens with zero attached hydrogens (tertiary/aromatic N) is 1. The fraction of sp³-hybridized carbons (Fsp3) is 0.294. The van der Waals surface area contributed by atoms with Gasteiger partial charge in [-0.3, -0.25) is 4.98 Å². The molecule has 0 aliphatic rings. The third kappa shape index (κ3) is 3.57. The molecule has 1 aromatic carbocycles. The van der Waals surface area contributed by atoms with Crippen LogP contribution in [0.3, 0.4) is 0 Å². The fourth-order valence-corrected chi connectivity index (χ4v) is 2.02. The topological polar surface area (TPSA) is 48.4 Å². The van der Waals surface area contributed by atoms with Crippen LogP contribution in [0.15, 0.2) is 12.1 Å². The van der Waals surface area contributed by atoms with Crippen molar-refractivity contribution in [2.75, 3.05) is 6.61 Å². The van der Waals surface area contributed by atoms with E-state index in [2.05, 4.69) is 16.8 Å². The number of aryl methyl sites for hydroxylation is 1. The summed E-state index contributed by atoms with van der Waals surface area (Å²) < 4.78 is 37.6. The number of rotatable bonds is 3. The van der Waals surface area contributed by atoms with Crippen LogP contribution >= 0.6 is 0 Å². The maximum absolute atomic E-state index is 14.1. The zero-order valence-electron chi connectivity index (χ0n) is 13.0. The van der Waals surface area contributed by atoms with Crippen LogP contribution in [0.4, 0.5) is 13.6 Å². The SMILES string of the molecule is CC#CCCOC(=O)Oc1c(C)c(C)nc2ccc(F)c(F)c12. The predicted molar refractivity (Wildman–Crippen MR) is 81.2 cm³/mol. The molecule has 2 rings (SSSR count). The van der Waals surface area contributed by atoms with Gasteiger partial charge in [0.1, 0.15) is 6.61 Å². The van der Waals surface area contributed by atoms with Gasteiger partial charge in [0, 0.05) is 17.7 Å². The minimum atomic E-state index is -1.11. The Balaban J connectivity index is 2.38. The second-order valence-corrected chi connectivity index (χ2v) is 4.78. The lowest BCUT2D eigenvalue weighted by Gasteiger charge is -2.13. The van der Waals surface area contributed by atoms with Crippen LogP contribution in [-0.4, -0.2) is 17.7 Å². The van der Waals surface area contributed by atoms with E-state index in [-0.39, 0.29) is 23.3 Å². The molecule has 0 aliphatic carbocycles. The number of hydrogen-bond donors (Lipinski definition) is 0. The minimum absolute atomic E-state index is 0.0531. The molecule has 0 spiro atoms. The van der Waals surface area contributed by atoms with Crippen molar-refractivity contribution in [2.45, 2.75) is 27.2 Å². The van der Waals surface area contributed by atoms with E-state index < -0.39 is 17.8 Å². The van der Waals surface area contributed by atoms with Crippen molar-refractivity contribution < 1.29 is 23.0 Å². The van der Waals surface area contributed by atoms with E-state index in [0.29, 0.717) is 17.7 Å². The third-order valence-corrected chi connectivity index (χ3v) is 3.28. The zero-order chi connectivity index (χ0) is 17.0. The average molecular weight is 319 g/mol. The van der Waals surface area contributed by atoms with Gasteiger partial charge in [-0.1, -0.05) is 0 Å². The first-order valence-corrected chi connectivity index (χ1v) is 6.94. The molecule has 120 valence electrons. The molecule has 23 heavy (non-hydrogen) atoms. The molecule has 1 aromatic heterocycles. The molecule has 1 heterocycles. The van der Waals surface area contributed by atoms with Gasteiger partial charge >= 0.3 is 6.16 Å². The molecule has 4 nitrogen and oxygen atoms in total. The molecule has 0 amide bonds. The summed E-state index contributed by atoms with van der Waals surface area (Å²) >= 11 is 0. The van der Waals surface area contributed by atoms with Gasteiger partial charge in [-0.2, -0.15) is 0 Å². The van der Waals surface area contributed by atoms with E-state index in [9.17, 15) is 13.6 Å². The molecule has 0 N–H and O–H groups in total. The maximum Gasteiger partial charge on any atom is 0.513 e. The van der Waals surface area contributed by atoms with Gasteiger partial charge < -0.3 is 9.47 Å². The monoisotopic (exact) mass is 319 g/mol. The Hall–Kier alpha value is -2.68. The van der Waals surface area contributed by atoms with Crippen LogP contribution in [0, 0.1) is 37.3 Å². The molecule has 0 unspecified atom stereocenters. The molecule has 2 aromatic rings. The van der Waals surface area contributed by atoms with Crippen molar-refractivity contribution in [3.63, 3.8) is 0 Å². The molecule has 0 bridgehead atoms. The Kier molecular flexibility index (Phi) is 5.12. The van der Waals surface area contributed by atoms with Gasteiger partial charge in [-0.15, -0.1) is 11.8 Å². The first kappa shape index (κ1) is 16.7. The number of pyridine rings is 1. The average Bonchev–Trinajstić information content (AvgIpc) is 2.52. The summed E-state index contributed by atoms with van der Waals surface area (Å²) in [4.78, 5) is 15.9. The van der Waals surface area contributed by atoms with Gasteiger partial charge in [-0.25, -0.2) is 13.6 Å². The summed E-state index contributed by atoms with van der Waals surface area (Å²) in [6, 6.07) is 2.31. The van der Waals surface area contributed by atoms with Crippen molar-refractivity contribution in [2.24, 2.45) is 0 Å². The molecular formula is C17H15F2NO3. The first-order chi connectivity index (χ1) is 11.0. The Labute approximate surface area is 132 Å². The highest BCUT2D eigenvalue weighted by molar-refractivity contribution is 5.89. The molecule has 6 heteroatoms. The van der Waals surface area contributed by atoms with Crippen molar-refractivity contribution in [3.05, 3.63) is 35.0 Å². The van der Waals surface area contributed by atoms with Gasteiger partial charge in [0.2, 0.25) is 0 Å². The highest BCUT2D eigenvalue weighted by Gasteiger charge is 2.20. The quantitative estimate of drug-likeness (QED) is 0.486. The van der Waals surface area contributed by atoms with Gasteiger partial charge in [0.05, 0.1) is 10.9 Å². The fourth-order valence-electron chi connectivity index (χ4n) is 2.02. The Morgan fingerprint density at radius 2 is 2.04 bits per heavy atom. The number of fused-ring (bicyclic) bond motifs is 1. The Morgan fingerprint density at radius 3 is 2.74 bits per heavy atom. The summed E-state index contributed by atoms with van der Waals surface area (Å²) in [6.45, 7) is 5.02. The van der Waals surface area contributed by atoms with E-state index in [0.717, 1.165) is 6.07 Å². The van der Waals surface area contributed by atoms with Gasteiger partial charge in [-0.05, 0) is 32.9 Å². The highest BCUT2D eigenvalue weighted by Crippen LogP contribution is 2.33. The molecule has 0 fully saturated rings. The summed E-state index contributed by atoms with van der Waals surface area (Å²) in [7, 11) is 0. The van der Waals surface area contributed by atoms with Crippen LogP contribution in [0.5, 0.6) is 5.75 Å². The van der Waals surface area contributed by atoms with Crippen LogP contribution in [0.2, 0.25) is 0 Å². The number of benzene rings is 1. The van der Waals surface area contributed by atoms with Gasteiger partial charge in [0.15, 0.2) is 17.4 Å². The molecular weight excluding hydrogens is 304 g/mol. The van der Waals surface area contributed by atoms with E-state index in [1.54, 1.807) is 20.8 Å². The number of halogens is 2. The van der Waals surface area contributed by atoms with Crippen LogP contribution in [0.1, 0.15) is 24.6 Å². The molecule has 0 atom stereocenters. The lowest BCUT2D eigenvalue weighted by Crippen LogP contribution is -2.13. The minimum Gasteiger partial charge on any atom is -0.433 e. The summed E-state index contributed by atoms with van der Waals surface area (Å²) in [5.41, 5.74) is 1.18. The van der Waals surface area contributed by atoms with Crippen molar-refractivity contribution in [3.8, 4) is 17.6 Å². The van der Waals surface area contributed by atoms with E-state index >= 15 is 0 Å². The van der Waals surface area contributed by atoms with E-state index in [4.69, 9.17) is 9.47 Å². The Morgan fingerprint density at radius 1 is 1.30 bits per heavy atom. The molecule has 0 saturated carbocycles. The highest BCUT2D eigenvalue weighted by atomic mass is 19.2. The Bertz CT molecular complexity index is 822. The molecule has 0 saturated heterocycles. The number of aromatic nitrogens is 1. The normalized spacial score (nSPS) is 10.1. The predicted octanol–water partition coefficient (Wildman–Crippen LogP) is 4.06. The smallest absolute Gasteiger partial charge is 0.433 e. The lowest BCUT2D eigenvalue weighted by molar-refractivity contribution is 0.101. The maximum atomic E-state index is 14.1. The number of ether oxygens (including phenoxy) is 2. The van der Waals surface area contributed by atoms with Gasteiger partial charge in [0.25, 0.3) is 0 Å². The number of carbonyl (C=O) groups excluding carboxylic acids is 1. The second-order valence-electron chi connectivity index (χ2n) is 4.78. The van der Waals surface area contributed by atoms with Crippen LogP contribution in [0.25, 0.3) is 10.9 Å². The van der Waals surface area contributed by atoms with Crippen molar-refractivity contribution in [1.29, 1.82) is 0 Å². The molecule has 0 aliphatic heterocycles. The van der Waals surface area contributed by atoms with Crippen molar-refractivity contribution in [1.82, 2.24) is 4.98 Å². The molecule has 0 radical (unpaired) electrons. The largest absolute Gasteiger partial charge is 0.513 e. The summed E-state index contributed by atoms with van der Waals surface area (Å²) in [5, 5.41) is -0.182. The summed E-state index contributed by atoms with van der Waals surface area (Å²) in [6.07, 6.45) is -0.634. The number of hydrogen-bond acceptors (Lipinski definition) is 4.